The molecule has 0 saturated heterocycles. The van der Waals surface area contributed by atoms with Crippen molar-refractivity contribution in [2.75, 3.05) is 10.6 Å². The zero-order valence-electron chi connectivity index (χ0n) is 19.3. The van der Waals surface area contributed by atoms with Crippen molar-refractivity contribution in [2.24, 2.45) is 0 Å². The Labute approximate surface area is 214 Å². The van der Waals surface area contributed by atoms with Crippen LogP contribution in [0.2, 0.25) is 5.02 Å². The number of nitrogens with zero attached hydrogens (tertiary/aromatic N) is 1. The molecular formula is C25H20ClF3N4O4. The Bertz CT molecular complexity index is 1400. The van der Waals surface area contributed by atoms with Crippen LogP contribution in [-0.4, -0.2) is 23.2 Å². The van der Waals surface area contributed by atoms with Gasteiger partial charge in [0.2, 0.25) is 5.91 Å². The van der Waals surface area contributed by atoms with Gasteiger partial charge >= 0.3 is 12.2 Å². The third-order valence-corrected chi connectivity index (χ3v) is 6.32. The van der Waals surface area contributed by atoms with Crippen LogP contribution in [0.1, 0.15) is 36.0 Å². The first kappa shape index (κ1) is 24.7. The van der Waals surface area contributed by atoms with Crippen LogP contribution < -0.4 is 25.4 Å². The lowest BCUT2D eigenvalue weighted by Gasteiger charge is -2.19. The summed E-state index contributed by atoms with van der Waals surface area (Å²) < 4.78 is 51.9. The maximum absolute atomic E-state index is 13.3. The summed E-state index contributed by atoms with van der Waals surface area (Å²) in [6.45, 7) is 1.81. The Morgan fingerprint density at radius 2 is 2.00 bits per heavy atom. The number of nitrogens with one attached hydrogen (secondary N) is 3. The van der Waals surface area contributed by atoms with Crippen LogP contribution in [0.3, 0.4) is 0 Å². The molecule has 0 fully saturated rings. The molecule has 0 saturated carbocycles. The summed E-state index contributed by atoms with van der Waals surface area (Å²) in [5.74, 6) is 1.62. The van der Waals surface area contributed by atoms with Gasteiger partial charge < -0.3 is 25.4 Å². The number of amides is 3. The summed E-state index contributed by atoms with van der Waals surface area (Å²) >= 11 is 5.69. The number of rotatable bonds is 4. The fraction of sp³-hybridized carbons (Fsp3) is 0.240. The lowest BCUT2D eigenvalue weighted by Crippen LogP contribution is -2.42. The average Bonchev–Trinajstić information content (AvgIpc) is 3.14. The van der Waals surface area contributed by atoms with Crippen molar-refractivity contribution in [1.29, 1.82) is 0 Å². The molecule has 3 amide bonds. The summed E-state index contributed by atoms with van der Waals surface area (Å²) in [5, 5.41) is 7.42. The van der Waals surface area contributed by atoms with E-state index in [0.29, 0.717) is 35.9 Å². The predicted octanol–water partition coefficient (Wildman–Crippen LogP) is 6.07. The van der Waals surface area contributed by atoms with Gasteiger partial charge in [-0.25, -0.2) is 9.78 Å². The normalized spacial score (nSPS) is 18.2. The molecule has 3 aromatic rings. The molecule has 12 heteroatoms. The maximum Gasteiger partial charge on any atom is 0.418 e. The summed E-state index contributed by atoms with van der Waals surface area (Å²) in [4.78, 5) is 28.4. The molecule has 2 aliphatic rings. The van der Waals surface area contributed by atoms with Crippen LogP contribution in [0.25, 0.3) is 0 Å². The Balaban J connectivity index is 1.28. The van der Waals surface area contributed by atoms with Gasteiger partial charge in [0.1, 0.15) is 23.1 Å². The minimum atomic E-state index is -4.70. The number of carbonyl (C=O) groups is 2. The Morgan fingerprint density at radius 3 is 2.78 bits per heavy atom. The van der Waals surface area contributed by atoms with E-state index in [0.717, 1.165) is 23.3 Å². The number of alkyl halides is 3. The molecule has 192 valence electrons. The maximum atomic E-state index is 13.3. The molecule has 0 unspecified atom stereocenters. The number of anilines is 2. The second-order valence-corrected chi connectivity index (χ2v) is 9.04. The minimum absolute atomic E-state index is 0.100. The number of fused-ring (bicyclic) bond motifs is 2. The van der Waals surface area contributed by atoms with Crippen molar-refractivity contribution in [3.8, 4) is 17.2 Å². The highest BCUT2D eigenvalue weighted by molar-refractivity contribution is 6.30. The molecule has 5 rings (SSSR count). The smallest absolute Gasteiger partial charge is 0.418 e. The van der Waals surface area contributed by atoms with Crippen molar-refractivity contribution < 1.29 is 32.2 Å². The fourth-order valence-electron chi connectivity index (χ4n) is 4.24. The highest BCUT2D eigenvalue weighted by Gasteiger charge is 2.36. The fourth-order valence-corrected chi connectivity index (χ4v) is 4.41. The lowest BCUT2D eigenvalue weighted by atomic mass is 10.0. The lowest BCUT2D eigenvalue weighted by molar-refractivity contribution is -0.136. The molecule has 0 spiro atoms. The van der Waals surface area contributed by atoms with E-state index in [1.54, 1.807) is 30.5 Å². The van der Waals surface area contributed by atoms with E-state index in [-0.39, 0.29) is 16.8 Å². The number of ether oxygens (including phenoxy) is 2. The van der Waals surface area contributed by atoms with Gasteiger partial charge in [0.05, 0.1) is 11.3 Å². The summed E-state index contributed by atoms with van der Waals surface area (Å²) in [5.41, 5.74) is 0.0636. The summed E-state index contributed by atoms with van der Waals surface area (Å²) in [6, 6.07) is 9.11. The second-order valence-electron chi connectivity index (χ2n) is 8.60. The van der Waals surface area contributed by atoms with Gasteiger partial charge in [-0.2, -0.15) is 13.2 Å². The molecule has 3 heterocycles. The van der Waals surface area contributed by atoms with E-state index in [9.17, 15) is 22.8 Å². The average molecular weight is 533 g/mol. The highest BCUT2D eigenvalue weighted by Crippen LogP contribution is 2.41. The molecule has 0 radical (unpaired) electrons. The molecule has 1 aromatic heterocycles. The third-order valence-electron chi connectivity index (χ3n) is 6.09. The number of hydrogen-bond donors (Lipinski definition) is 3. The number of benzene rings is 2. The number of aromatic nitrogens is 1. The molecule has 0 bridgehead atoms. The minimum Gasteiger partial charge on any atom is -0.470 e. The quantitative estimate of drug-likeness (QED) is 0.378. The van der Waals surface area contributed by atoms with E-state index < -0.39 is 29.7 Å². The molecular weight excluding hydrogens is 513 g/mol. The SMILES string of the molecule is C[C@H]1c2cc(Oc3ccnc4c3CCC(=O)N4)ccc2O[C@H]1NC(=O)Nc1ccc(Cl)cc1C(F)(F)F. The zero-order valence-corrected chi connectivity index (χ0v) is 20.0. The first-order valence-corrected chi connectivity index (χ1v) is 11.7. The molecule has 0 aliphatic carbocycles. The van der Waals surface area contributed by atoms with E-state index in [2.05, 4.69) is 20.9 Å². The molecule has 2 aromatic carbocycles. The molecule has 3 N–H and O–H groups in total. The number of halogens is 4. The Hall–Kier alpha value is -3.99. The van der Waals surface area contributed by atoms with Crippen molar-refractivity contribution in [3.63, 3.8) is 0 Å². The standard InChI is InChI=1S/C25H20ClF3N4O4/c1-12-16-11-14(36-20-8-9-30-22-15(20)4-7-21(34)32-22)3-6-19(16)37-23(12)33-24(35)31-18-5-2-13(26)10-17(18)25(27,28)29/h2-3,5-6,8-12,23H,4,7H2,1H3,(H,30,32,34)(H2,31,33,35)/t12-,23+/m0/s1. The van der Waals surface area contributed by atoms with Gasteiger partial charge in [-0.1, -0.05) is 18.5 Å². The van der Waals surface area contributed by atoms with Gasteiger partial charge in [-0.15, -0.1) is 0 Å². The van der Waals surface area contributed by atoms with Crippen LogP contribution in [0.5, 0.6) is 17.2 Å². The third kappa shape index (κ3) is 5.12. The second kappa shape index (κ2) is 9.47. The van der Waals surface area contributed by atoms with Crippen molar-refractivity contribution in [3.05, 3.63) is 70.4 Å². The zero-order chi connectivity index (χ0) is 26.3. The van der Waals surface area contributed by atoms with Gasteiger partial charge in [0.25, 0.3) is 0 Å². The topological polar surface area (TPSA) is 102 Å². The monoisotopic (exact) mass is 532 g/mol. The molecule has 37 heavy (non-hydrogen) atoms. The van der Waals surface area contributed by atoms with Gasteiger partial charge in [-0.3, -0.25) is 4.79 Å². The van der Waals surface area contributed by atoms with Crippen LogP contribution in [-0.2, 0) is 17.4 Å². The van der Waals surface area contributed by atoms with Crippen LogP contribution >= 0.6 is 11.6 Å². The van der Waals surface area contributed by atoms with Crippen molar-refractivity contribution in [1.82, 2.24) is 10.3 Å². The number of urea groups is 1. The number of hydrogen-bond acceptors (Lipinski definition) is 5. The first-order valence-electron chi connectivity index (χ1n) is 11.3. The van der Waals surface area contributed by atoms with Crippen LogP contribution in [0, 0.1) is 0 Å². The van der Waals surface area contributed by atoms with E-state index in [1.807, 2.05) is 6.92 Å². The molecule has 2 atom stereocenters. The van der Waals surface area contributed by atoms with E-state index >= 15 is 0 Å². The van der Waals surface area contributed by atoms with Gasteiger partial charge in [0, 0.05) is 34.7 Å². The summed E-state index contributed by atoms with van der Waals surface area (Å²) in [7, 11) is 0. The predicted molar refractivity (Wildman–Crippen MR) is 129 cm³/mol. The number of carbonyl (C=O) groups excluding carboxylic acids is 2. The van der Waals surface area contributed by atoms with Gasteiger partial charge in [-0.05, 0) is 48.9 Å². The van der Waals surface area contributed by atoms with Gasteiger partial charge in [0.15, 0.2) is 6.23 Å². The highest BCUT2D eigenvalue weighted by atomic mass is 35.5. The van der Waals surface area contributed by atoms with Crippen molar-refractivity contribution in [2.45, 2.75) is 38.1 Å². The largest absolute Gasteiger partial charge is 0.470 e. The summed E-state index contributed by atoms with van der Waals surface area (Å²) in [6.07, 6.45) is -3.14. The number of pyridine rings is 1. The Morgan fingerprint density at radius 1 is 1.19 bits per heavy atom. The van der Waals surface area contributed by atoms with Crippen LogP contribution in [0.4, 0.5) is 29.5 Å². The van der Waals surface area contributed by atoms with E-state index in [1.165, 1.54) is 6.07 Å². The Kier molecular flexibility index (Phi) is 6.32. The first-order chi connectivity index (χ1) is 17.6. The molecule has 2 aliphatic heterocycles. The van der Waals surface area contributed by atoms with Crippen LogP contribution in [0.15, 0.2) is 48.7 Å². The van der Waals surface area contributed by atoms with Crippen molar-refractivity contribution >= 4 is 35.0 Å². The van der Waals surface area contributed by atoms with E-state index in [4.69, 9.17) is 21.1 Å². The molecule has 8 nitrogen and oxygen atoms in total.